The summed E-state index contributed by atoms with van der Waals surface area (Å²) in [5.41, 5.74) is 7.20. The van der Waals surface area contributed by atoms with Crippen molar-refractivity contribution in [1.29, 1.82) is 0 Å². The van der Waals surface area contributed by atoms with E-state index in [-0.39, 0.29) is 0 Å². The standard InChI is InChI=1S/C38H31N3O2/c1-22(2)25-10-16-36(39-20-25)41-32-8-6-5-7-29(32)30-13-11-28(19-33(30)41)42-27-12-15-34-31(18-27)37-35(43-34)14-9-24-17-26(23(3)4)21-40-38(24)37/h5-23H,1-4H3. The molecule has 4 aromatic heterocycles. The van der Waals surface area contributed by atoms with Crippen molar-refractivity contribution in [2.75, 3.05) is 0 Å². The molecule has 0 aliphatic carbocycles. The molecule has 0 radical (unpaired) electrons. The van der Waals surface area contributed by atoms with Gasteiger partial charge in [0.1, 0.15) is 28.5 Å². The van der Waals surface area contributed by atoms with Gasteiger partial charge in [-0.3, -0.25) is 9.55 Å². The van der Waals surface area contributed by atoms with Gasteiger partial charge in [0.25, 0.3) is 0 Å². The highest BCUT2D eigenvalue weighted by molar-refractivity contribution is 6.17. The second-order valence-corrected chi connectivity index (χ2v) is 11.9. The Hall–Kier alpha value is -5.16. The summed E-state index contributed by atoms with van der Waals surface area (Å²) in [5, 5.41) is 5.46. The SMILES string of the molecule is CC(C)c1ccc(-n2c3ccccc3c3ccc(Oc4ccc5oc6ccc7cc(C(C)C)cnc7c6c5c4)cc32)nc1. The molecule has 8 rings (SSSR count). The molecule has 8 aromatic rings. The highest BCUT2D eigenvalue weighted by Gasteiger charge is 2.16. The second kappa shape index (κ2) is 9.70. The van der Waals surface area contributed by atoms with E-state index >= 15 is 0 Å². The van der Waals surface area contributed by atoms with Crippen LogP contribution in [0.4, 0.5) is 0 Å². The maximum absolute atomic E-state index is 6.52. The van der Waals surface area contributed by atoms with Crippen molar-refractivity contribution in [3.8, 4) is 17.3 Å². The maximum atomic E-state index is 6.52. The molecular formula is C38H31N3O2. The van der Waals surface area contributed by atoms with Crippen LogP contribution in [0.2, 0.25) is 0 Å². The third kappa shape index (κ3) is 4.15. The molecule has 210 valence electrons. The summed E-state index contributed by atoms with van der Waals surface area (Å²) in [6, 6.07) is 31.4. The molecule has 0 atom stereocenters. The highest BCUT2D eigenvalue weighted by Crippen LogP contribution is 2.39. The smallest absolute Gasteiger partial charge is 0.137 e. The van der Waals surface area contributed by atoms with Gasteiger partial charge in [-0.25, -0.2) is 4.98 Å². The van der Waals surface area contributed by atoms with Crippen LogP contribution in [-0.4, -0.2) is 14.5 Å². The summed E-state index contributed by atoms with van der Waals surface area (Å²) in [4.78, 5) is 9.72. The Balaban J connectivity index is 1.24. The Morgan fingerprint density at radius 1 is 0.628 bits per heavy atom. The van der Waals surface area contributed by atoms with E-state index in [2.05, 4.69) is 99.0 Å². The average Bonchev–Trinajstić information content (AvgIpc) is 3.56. The van der Waals surface area contributed by atoms with E-state index in [0.29, 0.717) is 11.8 Å². The van der Waals surface area contributed by atoms with E-state index in [0.717, 1.165) is 66.6 Å². The molecule has 0 saturated carbocycles. The number of hydrogen-bond donors (Lipinski definition) is 0. The Kier molecular flexibility index (Phi) is 5.76. The minimum Gasteiger partial charge on any atom is -0.457 e. The van der Waals surface area contributed by atoms with Crippen LogP contribution in [-0.2, 0) is 0 Å². The van der Waals surface area contributed by atoms with Crippen molar-refractivity contribution >= 4 is 54.6 Å². The maximum Gasteiger partial charge on any atom is 0.137 e. The number of rotatable bonds is 5. The zero-order valence-corrected chi connectivity index (χ0v) is 24.6. The largest absolute Gasteiger partial charge is 0.457 e. The molecule has 0 spiro atoms. The van der Waals surface area contributed by atoms with Gasteiger partial charge in [0.15, 0.2) is 0 Å². The molecular weight excluding hydrogens is 530 g/mol. The van der Waals surface area contributed by atoms with Crippen molar-refractivity contribution in [2.45, 2.75) is 39.5 Å². The molecule has 4 aromatic carbocycles. The van der Waals surface area contributed by atoms with Crippen LogP contribution in [0.3, 0.4) is 0 Å². The molecule has 5 nitrogen and oxygen atoms in total. The molecule has 0 fully saturated rings. The first-order valence-electron chi connectivity index (χ1n) is 14.9. The number of fused-ring (bicyclic) bond motifs is 8. The van der Waals surface area contributed by atoms with Gasteiger partial charge in [-0.1, -0.05) is 52.0 Å². The zero-order chi connectivity index (χ0) is 29.2. The number of aromatic nitrogens is 3. The molecule has 5 heteroatoms. The number of para-hydroxylation sites is 1. The van der Waals surface area contributed by atoms with Crippen molar-refractivity contribution in [3.63, 3.8) is 0 Å². The number of pyridine rings is 2. The minimum absolute atomic E-state index is 0.417. The monoisotopic (exact) mass is 561 g/mol. The number of hydrogen-bond acceptors (Lipinski definition) is 4. The molecule has 0 amide bonds. The molecule has 0 aliphatic heterocycles. The Morgan fingerprint density at radius 2 is 1.37 bits per heavy atom. The van der Waals surface area contributed by atoms with Gasteiger partial charge in [0, 0.05) is 40.0 Å². The molecule has 0 aliphatic rings. The third-order valence-electron chi connectivity index (χ3n) is 8.49. The lowest BCUT2D eigenvalue weighted by molar-refractivity contribution is 0.484. The Bertz CT molecular complexity index is 2320. The quantitative estimate of drug-likeness (QED) is 0.210. The summed E-state index contributed by atoms with van der Waals surface area (Å²) in [6.07, 6.45) is 3.96. The van der Waals surface area contributed by atoms with E-state index in [1.54, 1.807) is 0 Å². The fourth-order valence-corrected chi connectivity index (χ4v) is 6.10. The van der Waals surface area contributed by atoms with Gasteiger partial charge in [0.2, 0.25) is 0 Å². The molecule has 0 unspecified atom stereocenters. The summed E-state index contributed by atoms with van der Waals surface area (Å²) >= 11 is 0. The summed E-state index contributed by atoms with van der Waals surface area (Å²) < 4.78 is 15.0. The lowest BCUT2D eigenvalue weighted by Crippen LogP contribution is -1.99. The molecule has 0 saturated heterocycles. The topological polar surface area (TPSA) is 53.1 Å². The molecule has 4 heterocycles. The first-order chi connectivity index (χ1) is 20.9. The van der Waals surface area contributed by atoms with E-state index in [9.17, 15) is 0 Å². The fraction of sp³-hybridized carbons (Fsp3) is 0.158. The van der Waals surface area contributed by atoms with Crippen molar-refractivity contribution in [3.05, 3.63) is 115 Å². The summed E-state index contributed by atoms with van der Waals surface area (Å²) in [6.45, 7) is 8.75. The summed E-state index contributed by atoms with van der Waals surface area (Å²) in [5.74, 6) is 3.23. The van der Waals surface area contributed by atoms with Gasteiger partial charge in [-0.05, 0) is 83.6 Å². The van der Waals surface area contributed by atoms with E-state index < -0.39 is 0 Å². The van der Waals surface area contributed by atoms with Crippen molar-refractivity contribution in [1.82, 2.24) is 14.5 Å². The lowest BCUT2D eigenvalue weighted by atomic mass is 10.0. The zero-order valence-electron chi connectivity index (χ0n) is 24.6. The average molecular weight is 562 g/mol. The van der Waals surface area contributed by atoms with Crippen LogP contribution in [0, 0.1) is 0 Å². The first kappa shape index (κ1) is 25.5. The normalized spacial score (nSPS) is 12.1. The number of furan rings is 1. The van der Waals surface area contributed by atoms with Crippen LogP contribution in [0.5, 0.6) is 11.5 Å². The van der Waals surface area contributed by atoms with Crippen LogP contribution >= 0.6 is 0 Å². The molecule has 43 heavy (non-hydrogen) atoms. The Labute approximate surface area is 249 Å². The fourth-order valence-electron chi connectivity index (χ4n) is 6.10. The minimum atomic E-state index is 0.417. The van der Waals surface area contributed by atoms with Crippen LogP contribution in [0.1, 0.15) is 50.7 Å². The lowest BCUT2D eigenvalue weighted by Gasteiger charge is -2.11. The summed E-state index contributed by atoms with van der Waals surface area (Å²) in [7, 11) is 0. The van der Waals surface area contributed by atoms with Gasteiger partial charge in [-0.15, -0.1) is 0 Å². The number of nitrogens with zero attached hydrogens (tertiary/aromatic N) is 3. The van der Waals surface area contributed by atoms with Crippen molar-refractivity contribution < 1.29 is 9.15 Å². The third-order valence-corrected chi connectivity index (χ3v) is 8.49. The van der Waals surface area contributed by atoms with Gasteiger partial charge in [0.05, 0.1) is 21.9 Å². The number of benzene rings is 4. The Morgan fingerprint density at radius 3 is 2.19 bits per heavy atom. The first-order valence-corrected chi connectivity index (χ1v) is 14.9. The van der Waals surface area contributed by atoms with Crippen molar-refractivity contribution in [2.24, 2.45) is 0 Å². The van der Waals surface area contributed by atoms with E-state index in [4.69, 9.17) is 19.1 Å². The predicted octanol–water partition coefficient (Wildman–Crippen LogP) is 10.7. The van der Waals surface area contributed by atoms with E-state index in [1.165, 1.54) is 16.5 Å². The highest BCUT2D eigenvalue weighted by atomic mass is 16.5. The van der Waals surface area contributed by atoms with Gasteiger partial charge >= 0.3 is 0 Å². The second-order valence-electron chi connectivity index (χ2n) is 11.9. The van der Waals surface area contributed by atoms with Gasteiger partial charge in [-0.2, -0.15) is 0 Å². The number of ether oxygens (including phenoxy) is 1. The molecule has 0 N–H and O–H groups in total. The van der Waals surface area contributed by atoms with Gasteiger partial charge < -0.3 is 9.15 Å². The van der Waals surface area contributed by atoms with Crippen LogP contribution in [0.15, 0.2) is 108 Å². The van der Waals surface area contributed by atoms with Crippen LogP contribution in [0.25, 0.3) is 60.5 Å². The van der Waals surface area contributed by atoms with E-state index in [1.807, 2.05) is 36.7 Å². The predicted molar refractivity (Wildman–Crippen MR) is 176 cm³/mol. The van der Waals surface area contributed by atoms with Crippen LogP contribution < -0.4 is 4.74 Å². The molecule has 0 bridgehead atoms.